The first-order chi connectivity index (χ1) is 13.4. The van der Waals surface area contributed by atoms with Crippen LogP contribution < -0.4 is 10.1 Å². The van der Waals surface area contributed by atoms with E-state index in [1.807, 2.05) is 19.2 Å². The molecule has 0 fully saturated rings. The van der Waals surface area contributed by atoms with Gasteiger partial charge in [0, 0.05) is 17.7 Å². The number of ketones is 2. The van der Waals surface area contributed by atoms with Crippen LogP contribution in [0.1, 0.15) is 47.6 Å². The number of rotatable bonds is 5. The summed E-state index contributed by atoms with van der Waals surface area (Å²) in [5.74, 6) is 1.05. The molecule has 3 heterocycles. The largest absolute Gasteiger partial charge is 0.496 e. The maximum Gasteiger partial charge on any atom is 0.202 e. The molecule has 146 valence electrons. The van der Waals surface area contributed by atoms with Gasteiger partial charge in [-0.3, -0.25) is 9.59 Å². The Bertz CT molecular complexity index is 1090. The third kappa shape index (κ3) is 3.24. The number of fused-ring (bicyclic) bond motifs is 3. The van der Waals surface area contributed by atoms with E-state index in [1.165, 1.54) is 11.3 Å². The maximum absolute atomic E-state index is 12.7. The number of methoxy groups -OCH3 is 1. The van der Waals surface area contributed by atoms with Crippen LogP contribution in [0.5, 0.6) is 5.75 Å². The number of benzene rings is 1. The van der Waals surface area contributed by atoms with Gasteiger partial charge in [0.1, 0.15) is 22.1 Å². The Labute approximate surface area is 174 Å². The Balaban J connectivity index is 1.68. The van der Waals surface area contributed by atoms with Crippen LogP contribution in [0.3, 0.4) is 0 Å². The number of anilines is 1. The molecule has 0 radical (unpaired) electrons. The van der Waals surface area contributed by atoms with E-state index in [1.54, 1.807) is 19.2 Å². The van der Waals surface area contributed by atoms with Crippen molar-refractivity contribution in [3.05, 3.63) is 38.4 Å². The van der Waals surface area contributed by atoms with Crippen molar-refractivity contribution in [3.63, 3.8) is 0 Å². The zero-order chi connectivity index (χ0) is 20.0. The lowest BCUT2D eigenvalue weighted by molar-refractivity contribution is -0.121. The first-order valence-corrected chi connectivity index (χ1v) is 10.6. The fourth-order valence-corrected chi connectivity index (χ4v) is 4.77. The first kappa shape index (κ1) is 19.1. The van der Waals surface area contributed by atoms with Crippen LogP contribution in [0.15, 0.2) is 26.4 Å². The van der Waals surface area contributed by atoms with Gasteiger partial charge in [-0.05, 0) is 28.1 Å². The summed E-state index contributed by atoms with van der Waals surface area (Å²) in [5, 5.41) is 6.87. The zero-order valence-corrected chi connectivity index (χ0v) is 18.1. The van der Waals surface area contributed by atoms with Gasteiger partial charge in [-0.2, -0.15) is 0 Å². The van der Waals surface area contributed by atoms with Crippen LogP contribution in [0, 0.1) is 5.92 Å². The van der Waals surface area contributed by atoms with Gasteiger partial charge in [0.2, 0.25) is 5.78 Å². The average Bonchev–Trinajstić information content (AvgIpc) is 3.27. The van der Waals surface area contributed by atoms with Crippen LogP contribution in [-0.4, -0.2) is 23.7 Å². The number of hydrogen-bond acceptors (Lipinski definition) is 7. The van der Waals surface area contributed by atoms with Gasteiger partial charge in [0.25, 0.3) is 0 Å². The van der Waals surface area contributed by atoms with E-state index < -0.39 is 0 Å². The summed E-state index contributed by atoms with van der Waals surface area (Å²) < 4.78 is 11.9. The van der Waals surface area contributed by atoms with Crippen molar-refractivity contribution in [2.45, 2.75) is 32.7 Å². The van der Waals surface area contributed by atoms with E-state index in [-0.39, 0.29) is 29.9 Å². The van der Waals surface area contributed by atoms with Gasteiger partial charge in [0.15, 0.2) is 5.76 Å². The molecule has 3 aromatic rings. The predicted octanol–water partition coefficient (Wildman–Crippen LogP) is 5.17. The molecule has 1 unspecified atom stereocenters. The van der Waals surface area contributed by atoms with E-state index in [4.69, 9.17) is 9.15 Å². The fraction of sp³-hybridized carbons (Fsp3) is 0.350. The molecule has 0 amide bonds. The molecule has 0 aliphatic carbocycles. The number of ether oxygens (including phenoxy) is 1. The lowest BCUT2D eigenvalue weighted by Gasteiger charge is -2.22. The van der Waals surface area contributed by atoms with Crippen LogP contribution in [-0.2, 0) is 11.2 Å². The summed E-state index contributed by atoms with van der Waals surface area (Å²) >= 11 is 5.00. The van der Waals surface area contributed by atoms with Gasteiger partial charge in [0.05, 0.1) is 40.8 Å². The Hall–Kier alpha value is -2.19. The minimum atomic E-state index is -0.266. The van der Waals surface area contributed by atoms with Gasteiger partial charge >= 0.3 is 0 Å². The van der Waals surface area contributed by atoms with Crippen molar-refractivity contribution in [2.24, 2.45) is 5.92 Å². The van der Waals surface area contributed by atoms with Gasteiger partial charge in [-0.15, -0.1) is 11.3 Å². The highest BCUT2D eigenvalue weighted by molar-refractivity contribution is 9.10. The summed E-state index contributed by atoms with van der Waals surface area (Å²) in [4.78, 5) is 29.3. The van der Waals surface area contributed by atoms with Crippen molar-refractivity contribution < 1.29 is 18.7 Å². The SMILES string of the molecule is COc1ccc2oc3c(c2c1Br)NC(c1csc(CC(=O)C(C)C)n1)CC3=O. The van der Waals surface area contributed by atoms with Crippen LogP contribution in [0.4, 0.5) is 5.69 Å². The molecule has 0 saturated carbocycles. The lowest BCUT2D eigenvalue weighted by Crippen LogP contribution is -2.22. The molecule has 4 rings (SSSR count). The molecule has 1 N–H and O–H groups in total. The second kappa shape index (κ2) is 7.33. The standard InChI is InChI=1S/C20H19BrN2O4S/c1-9(2)12(24)7-16-22-11(8-28-16)10-6-13(25)20-19(23-10)17-14(27-20)4-5-15(26-3)18(17)21/h4-5,8-10,23H,6-7H2,1-3H3. The summed E-state index contributed by atoms with van der Waals surface area (Å²) in [6.45, 7) is 3.77. The topological polar surface area (TPSA) is 81.4 Å². The molecular formula is C20H19BrN2O4S. The summed E-state index contributed by atoms with van der Waals surface area (Å²) in [5.41, 5.74) is 2.03. The van der Waals surface area contributed by atoms with Gasteiger partial charge in [-0.1, -0.05) is 13.8 Å². The van der Waals surface area contributed by atoms with Crippen molar-refractivity contribution in [3.8, 4) is 5.75 Å². The number of carbonyl (C=O) groups is 2. The average molecular weight is 463 g/mol. The van der Waals surface area contributed by atoms with Crippen molar-refractivity contribution in [1.29, 1.82) is 0 Å². The number of aromatic nitrogens is 1. The highest BCUT2D eigenvalue weighted by Crippen LogP contribution is 2.45. The van der Waals surface area contributed by atoms with Crippen molar-refractivity contribution in [1.82, 2.24) is 4.98 Å². The second-order valence-electron chi connectivity index (χ2n) is 7.05. The number of nitrogens with one attached hydrogen (secondary N) is 1. The minimum Gasteiger partial charge on any atom is -0.496 e. The summed E-state index contributed by atoms with van der Waals surface area (Å²) in [7, 11) is 1.59. The van der Waals surface area contributed by atoms with Crippen LogP contribution in [0.25, 0.3) is 11.0 Å². The van der Waals surface area contributed by atoms with Gasteiger partial charge in [-0.25, -0.2) is 4.98 Å². The molecular weight excluding hydrogens is 444 g/mol. The Morgan fingerprint density at radius 1 is 1.46 bits per heavy atom. The number of nitrogens with zero attached hydrogens (tertiary/aromatic N) is 1. The molecule has 1 aromatic carbocycles. The molecule has 6 nitrogen and oxygen atoms in total. The smallest absolute Gasteiger partial charge is 0.202 e. The normalized spacial score (nSPS) is 16.3. The number of carbonyl (C=O) groups excluding carboxylic acids is 2. The Morgan fingerprint density at radius 2 is 2.25 bits per heavy atom. The number of Topliss-reactive ketones (excluding diaryl/α,β-unsaturated/α-hetero) is 2. The first-order valence-electron chi connectivity index (χ1n) is 8.94. The second-order valence-corrected chi connectivity index (χ2v) is 8.78. The molecule has 2 aromatic heterocycles. The quantitative estimate of drug-likeness (QED) is 0.563. The van der Waals surface area contributed by atoms with Crippen LogP contribution >= 0.6 is 27.3 Å². The third-order valence-electron chi connectivity index (χ3n) is 4.83. The number of hydrogen-bond donors (Lipinski definition) is 1. The van der Waals surface area contributed by atoms with E-state index in [0.717, 1.165) is 20.6 Å². The molecule has 1 atom stereocenters. The molecule has 8 heteroatoms. The van der Waals surface area contributed by atoms with Crippen molar-refractivity contribution >= 4 is 55.5 Å². The molecule has 1 aliphatic heterocycles. The van der Waals surface area contributed by atoms with E-state index in [9.17, 15) is 9.59 Å². The number of furan rings is 1. The number of halogens is 1. The minimum absolute atomic E-state index is 0.0195. The Kier molecular flexibility index (Phi) is 5.01. The highest BCUT2D eigenvalue weighted by Gasteiger charge is 2.33. The summed E-state index contributed by atoms with van der Waals surface area (Å²) in [6.07, 6.45) is 0.578. The molecule has 28 heavy (non-hydrogen) atoms. The van der Waals surface area contributed by atoms with E-state index in [2.05, 4.69) is 26.2 Å². The zero-order valence-electron chi connectivity index (χ0n) is 15.7. The monoisotopic (exact) mass is 462 g/mol. The maximum atomic E-state index is 12.7. The molecule has 1 aliphatic rings. The summed E-state index contributed by atoms with van der Waals surface area (Å²) in [6, 6.07) is 3.32. The lowest BCUT2D eigenvalue weighted by atomic mass is 9.99. The van der Waals surface area contributed by atoms with Crippen molar-refractivity contribution in [2.75, 3.05) is 12.4 Å². The van der Waals surface area contributed by atoms with E-state index >= 15 is 0 Å². The Morgan fingerprint density at radius 3 is 2.96 bits per heavy atom. The predicted molar refractivity (Wildman–Crippen MR) is 111 cm³/mol. The molecule has 0 bridgehead atoms. The van der Waals surface area contributed by atoms with E-state index in [0.29, 0.717) is 29.2 Å². The van der Waals surface area contributed by atoms with Crippen LogP contribution in [0.2, 0.25) is 0 Å². The fourth-order valence-electron chi connectivity index (χ4n) is 3.22. The highest BCUT2D eigenvalue weighted by atomic mass is 79.9. The van der Waals surface area contributed by atoms with Gasteiger partial charge < -0.3 is 14.5 Å². The number of thiazole rings is 1. The molecule has 0 saturated heterocycles. The third-order valence-corrected chi connectivity index (χ3v) is 6.49. The molecule has 0 spiro atoms.